The molecule has 1 aromatic rings. The molecule has 4 nitrogen and oxygen atoms in total. The van der Waals surface area contributed by atoms with Crippen LogP contribution in [0.25, 0.3) is 0 Å². The topological polar surface area (TPSA) is 32.8 Å². The fraction of sp³-hybridized carbons (Fsp3) is 0.650. The maximum Gasteiger partial charge on any atom is 0.410 e. The molecule has 0 N–H and O–H groups in total. The Kier molecular flexibility index (Phi) is 5.78. The van der Waals surface area contributed by atoms with E-state index in [4.69, 9.17) is 16.3 Å². The first-order valence-corrected chi connectivity index (χ1v) is 10.5. The van der Waals surface area contributed by atoms with Crippen LogP contribution in [-0.2, 0) is 4.74 Å². The monoisotopic (exact) mass is 442 g/mol. The molecule has 0 bridgehead atoms. The van der Waals surface area contributed by atoms with Crippen LogP contribution in [0.1, 0.15) is 46.5 Å². The molecule has 0 aliphatic carbocycles. The summed E-state index contributed by atoms with van der Waals surface area (Å²) in [4.78, 5) is 16.5. The lowest BCUT2D eigenvalue weighted by Crippen LogP contribution is -2.49. The molecule has 1 spiro atoms. The van der Waals surface area contributed by atoms with Gasteiger partial charge in [-0.15, -0.1) is 0 Å². The number of piperidine rings is 2. The molecule has 0 aromatic heterocycles. The zero-order chi connectivity index (χ0) is 18.9. The Morgan fingerprint density at radius 3 is 2.27 bits per heavy atom. The van der Waals surface area contributed by atoms with Gasteiger partial charge in [0.1, 0.15) is 5.60 Å². The van der Waals surface area contributed by atoms with Crippen molar-refractivity contribution in [3.05, 3.63) is 27.7 Å². The number of anilines is 1. The maximum absolute atomic E-state index is 12.3. The molecular weight excluding hydrogens is 416 g/mol. The number of benzene rings is 1. The van der Waals surface area contributed by atoms with E-state index in [0.717, 1.165) is 67.0 Å². The second-order valence-electron chi connectivity index (χ2n) is 8.53. The molecule has 0 saturated carbocycles. The van der Waals surface area contributed by atoms with E-state index in [0.29, 0.717) is 5.41 Å². The number of amides is 1. The predicted molar refractivity (Wildman–Crippen MR) is 110 cm³/mol. The number of halogens is 2. The first-order valence-electron chi connectivity index (χ1n) is 9.36. The van der Waals surface area contributed by atoms with Crippen LogP contribution in [0, 0.1) is 5.41 Å². The quantitative estimate of drug-likeness (QED) is 0.556. The fourth-order valence-corrected chi connectivity index (χ4v) is 4.55. The minimum atomic E-state index is -0.430. The molecular formula is C20H28BrClN2O2. The Hall–Kier alpha value is -0.940. The lowest BCUT2D eigenvalue weighted by Gasteiger charge is -2.47. The van der Waals surface area contributed by atoms with E-state index in [2.05, 4.69) is 26.9 Å². The zero-order valence-electron chi connectivity index (χ0n) is 15.9. The molecule has 2 saturated heterocycles. The van der Waals surface area contributed by atoms with Gasteiger partial charge in [0.2, 0.25) is 0 Å². The molecule has 0 unspecified atom stereocenters. The zero-order valence-corrected chi connectivity index (χ0v) is 18.2. The Labute approximate surface area is 169 Å². The molecule has 3 rings (SSSR count). The van der Waals surface area contributed by atoms with Crippen LogP contribution < -0.4 is 4.90 Å². The maximum atomic E-state index is 12.3. The van der Waals surface area contributed by atoms with Gasteiger partial charge in [-0.25, -0.2) is 4.79 Å². The van der Waals surface area contributed by atoms with Gasteiger partial charge in [0.25, 0.3) is 0 Å². The van der Waals surface area contributed by atoms with E-state index in [1.54, 1.807) is 0 Å². The van der Waals surface area contributed by atoms with Crippen LogP contribution in [0.5, 0.6) is 0 Å². The average molecular weight is 444 g/mol. The molecule has 1 amide bonds. The minimum Gasteiger partial charge on any atom is -0.444 e. The van der Waals surface area contributed by atoms with Crippen LogP contribution in [-0.4, -0.2) is 42.8 Å². The third-order valence-corrected chi connectivity index (χ3v) is 6.86. The predicted octanol–water partition coefficient (Wildman–Crippen LogP) is 5.72. The van der Waals surface area contributed by atoms with E-state index in [9.17, 15) is 4.79 Å². The van der Waals surface area contributed by atoms with Crippen molar-refractivity contribution in [2.45, 2.75) is 52.1 Å². The van der Waals surface area contributed by atoms with Crippen LogP contribution in [0.2, 0.25) is 5.02 Å². The minimum absolute atomic E-state index is 0.175. The van der Waals surface area contributed by atoms with Gasteiger partial charge >= 0.3 is 6.09 Å². The Balaban J connectivity index is 1.56. The van der Waals surface area contributed by atoms with Gasteiger partial charge in [-0.05, 0) is 79.9 Å². The molecule has 2 aliphatic rings. The van der Waals surface area contributed by atoms with Crippen molar-refractivity contribution in [2.24, 2.45) is 5.41 Å². The third-order valence-electron chi connectivity index (χ3n) is 5.57. The highest BCUT2D eigenvalue weighted by Crippen LogP contribution is 2.43. The van der Waals surface area contributed by atoms with E-state index in [-0.39, 0.29) is 6.09 Å². The Bertz CT molecular complexity index is 656. The summed E-state index contributed by atoms with van der Waals surface area (Å²) in [7, 11) is 0. The van der Waals surface area contributed by atoms with Crippen molar-refractivity contribution in [3.8, 4) is 0 Å². The van der Waals surface area contributed by atoms with E-state index in [1.807, 2.05) is 37.8 Å². The lowest BCUT2D eigenvalue weighted by atomic mass is 9.71. The van der Waals surface area contributed by atoms with Crippen molar-refractivity contribution >= 4 is 39.3 Å². The molecule has 26 heavy (non-hydrogen) atoms. The Morgan fingerprint density at radius 2 is 1.69 bits per heavy atom. The normalized spacial score (nSPS) is 20.3. The summed E-state index contributed by atoms with van der Waals surface area (Å²) >= 11 is 9.98. The van der Waals surface area contributed by atoms with Gasteiger partial charge in [-0.1, -0.05) is 17.7 Å². The van der Waals surface area contributed by atoms with Crippen molar-refractivity contribution < 1.29 is 9.53 Å². The summed E-state index contributed by atoms with van der Waals surface area (Å²) in [6, 6.07) is 6.11. The molecule has 2 heterocycles. The average Bonchev–Trinajstić information content (AvgIpc) is 2.57. The summed E-state index contributed by atoms with van der Waals surface area (Å²) in [6.45, 7) is 9.38. The molecule has 144 valence electrons. The second-order valence-corrected chi connectivity index (χ2v) is 9.76. The van der Waals surface area contributed by atoms with E-state index < -0.39 is 5.60 Å². The number of hydrogen-bond acceptors (Lipinski definition) is 3. The van der Waals surface area contributed by atoms with Crippen LogP contribution in [0.3, 0.4) is 0 Å². The van der Waals surface area contributed by atoms with E-state index in [1.165, 1.54) is 0 Å². The molecule has 1 aromatic carbocycles. The highest BCUT2D eigenvalue weighted by molar-refractivity contribution is 9.10. The van der Waals surface area contributed by atoms with Crippen LogP contribution in [0.4, 0.5) is 10.5 Å². The highest BCUT2D eigenvalue weighted by atomic mass is 79.9. The number of carbonyl (C=O) groups excluding carboxylic acids is 1. The third kappa shape index (κ3) is 4.48. The summed E-state index contributed by atoms with van der Waals surface area (Å²) in [5, 5.41) is 0.795. The Morgan fingerprint density at radius 1 is 1.12 bits per heavy atom. The van der Waals surface area contributed by atoms with Gasteiger partial charge in [0.15, 0.2) is 0 Å². The molecule has 2 aliphatic heterocycles. The van der Waals surface area contributed by atoms with E-state index >= 15 is 0 Å². The van der Waals surface area contributed by atoms with Gasteiger partial charge in [0, 0.05) is 30.7 Å². The largest absolute Gasteiger partial charge is 0.444 e. The first-order chi connectivity index (χ1) is 12.2. The summed E-state index contributed by atoms with van der Waals surface area (Å²) in [5.74, 6) is 0. The lowest BCUT2D eigenvalue weighted by molar-refractivity contribution is 0.00666. The fourth-order valence-electron chi connectivity index (χ4n) is 3.95. The first kappa shape index (κ1) is 19.8. The second kappa shape index (κ2) is 7.59. The van der Waals surface area contributed by atoms with Gasteiger partial charge in [-0.3, -0.25) is 0 Å². The molecule has 6 heteroatoms. The van der Waals surface area contributed by atoms with Crippen molar-refractivity contribution in [3.63, 3.8) is 0 Å². The van der Waals surface area contributed by atoms with Crippen molar-refractivity contribution in [1.82, 2.24) is 4.90 Å². The molecule has 0 atom stereocenters. The van der Waals surface area contributed by atoms with Crippen molar-refractivity contribution in [1.29, 1.82) is 0 Å². The summed E-state index contributed by atoms with van der Waals surface area (Å²) < 4.78 is 6.46. The number of carbonyl (C=O) groups is 1. The molecule has 2 fully saturated rings. The highest BCUT2D eigenvalue weighted by Gasteiger charge is 2.39. The standard InChI is InChI=1S/C20H28BrClN2O2/c1-19(2,3)26-18(25)24-13-9-20(10-14-24)7-11-23(12-8-20)16-6-4-5-15(21)17(16)22/h4-6H,7-14H2,1-3H3. The van der Waals surface area contributed by atoms with Gasteiger partial charge in [-0.2, -0.15) is 0 Å². The smallest absolute Gasteiger partial charge is 0.410 e. The number of ether oxygens (including phenoxy) is 1. The SMILES string of the molecule is CC(C)(C)OC(=O)N1CCC2(CC1)CCN(c1cccc(Br)c1Cl)CC2. The van der Waals surface area contributed by atoms with Crippen LogP contribution in [0.15, 0.2) is 22.7 Å². The van der Waals surface area contributed by atoms with Gasteiger partial charge < -0.3 is 14.5 Å². The molecule has 0 radical (unpaired) electrons. The summed E-state index contributed by atoms with van der Waals surface area (Å²) in [5.41, 5.74) is 1.04. The number of likely N-dealkylation sites (tertiary alicyclic amines) is 1. The number of rotatable bonds is 1. The number of nitrogens with zero attached hydrogens (tertiary/aromatic N) is 2. The van der Waals surface area contributed by atoms with Crippen molar-refractivity contribution in [2.75, 3.05) is 31.1 Å². The summed E-state index contributed by atoms with van der Waals surface area (Å²) in [6.07, 6.45) is 4.25. The van der Waals surface area contributed by atoms with Crippen LogP contribution >= 0.6 is 27.5 Å². The van der Waals surface area contributed by atoms with Gasteiger partial charge in [0.05, 0.1) is 10.7 Å². The number of hydrogen-bond donors (Lipinski definition) is 0.